The zero-order valence-electron chi connectivity index (χ0n) is 20.2. The summed E-state index contributed by atoms with van der Waals surface area (Å²) in [6.45, 7) is 3.80. The van der Waals surface area contributed by atoms with E-state index in [4.69, 9.17) is 12.2 Å². The number of carbonyl (C=O) groups is 2. The van der Waals surface area contributed by atoms with E-state index in [0.29, 0.717) is 15.8 Å². The van der Waals surface area contributed by atoms with Gasteiger partial charge in [-0.15, -0.1) is 0 Å². The first kappa shape index (κ1) is 25.2. The summed E-state index contributed by atoms with van der Waals surface area (Å²) in [5.74, 6) is 0.0795. The van der Waals surface area contributed by atoms with Crippen LogP contribution in [-0.4, -0.2) is 49.6 Å². The van der Waals surface area contributed by atoms with Gasteiger partial charge in [-0.05, 0) is 62.4 Å². The summed E-state index contributed by atoms with van der Waals surface area (Å²) < 4.78 is 3.54. The van der Waals surface area contributed by atoms with Crippen LogP contribution in [0.15, 0.2) is 64.1 Å². The number of carbonyl (C=O) groups excluding carboxylic acids is 2. The van der Waals surface area contributed by atoms with Crippen LogP contribution in [0, 0.1) is 0 Å². The minimum absolute atomic E-state index is 0.0601. The first-order valence-electron chi connectivity index (χ1n) is 12.3. The van der Waals surface area contributed by atoms with E-state index in [1.54, 1.807) is 4.90 Å². The molecule has 5 rings (SSSR count). The van der Waals surface area contributed by atoms with Crippen molar-refractivity contribution in [1.82, 2.24) is 14.4 Å². The molecule has 186 valence electrons. The summed E-state index contributed by atoms with van der Waals surface area (Å²) in [6, 6.07) is 16.4. The van der Waals surface area contributed by atoms with E-state index in [9.17, 15) is 9.59 Å². The second-order valence-electron chi connectivity index (χ2n) is 9.37. The number of rotatable bonds is 6. The number of amides is 2. The van der Waals surface area contributed by atoms with Gasteiger partial charge in [0, 0.05) is 46.3 Å². The van der Waals surface area contributed by atoms with Crippen molar-refractivity contribution >= 4 is 73.0 Å². The van der Waals surface area contributed by atoms with Gasteiger partial charge in [0.2, 0.25) is 5.91 Å². The number of nitrogens with zero attached hydrogens (tertiary/aromatic N) is 3. The molecule has 2 amide bonds. The Hall–Kier alpha value is -2.42. The Morgan fingerprint density at radius 3 is 2.78 bits per heavy atom. The molecule has 2 aliphatic rings. The van der Waals surface area contributed by atoms with Gasteiger partial charge in [0.05, 0.1) is 4.91 Å². The minimum Gasteiger partial charge on any atom is -0.338 e. The lowest BCUT2D eigenvalue weighted by Crippen LogP contribution is -2.43. The lowest BCUT2D eigenvalue weighted by molar-refractivity contribution is -0.135. The largest absolute Gasteiger partial charge is 0.338 e. The third-order valence-corrected chi connectivity index (χ3v) is 8.80. The highest BCUT2D eigenvalue weighted by Gasteiger charge is 2.32. The number of piperidine rings is 1. The van der Waals surface area contributed by atoms with Crippen molar-refractivity contribution in [3.8, 4) is 0 Å². The van der Waals surface area contributed by atoms with Gasteiger partial charge in [0.25, 0.3) is 5.91 Å². The van der Waals surface area contributed by atoms with Crippen LogP contribution in [0.3, 0.4) is 0 Å². The summed E-state index contributed by atoms with van der Waals surface area (Å²) in [4.78, 5) is 30.7. The molecule has 2 saturated heterocycles. The molecule has 2 aliphatic heterocycles. The van der Waals surface area contributed by atoms with Gasteiger partial charge in [-0.1, -0.05) is 70.2 Å². The lowest BCUT2D eigenvalue weighted by atomic mass is 10.0. The van der Waals surface area contributed by atoms with Crippen LogP contribution in [0.25, 0.3) is 17.0 Å². The molecule has 0 saturated carbocycles. The van der Waals surface area contributed by atoms with Gasteiger partial charge in [0.1, 0.15) is 10.9 Å². The van der Waals surface area contributed by atoms with E-state index in [2.05, 4.69) is 35.0 Å². The number of thiocarbonyl (C=S) groups is 1. The highest BCUT2D eigenvalue weighted by atomic mass is 79.9. The van der Waals surface area contributed by atoms with Gasteiger partial charge in [-0.25, -0.2) is 0 Å². The topological polar surface area (TPSA) is 45.6 Å². The number of halogens is 1. The van der Waals surface area contributed by atoms with E-state index in [-0.39, 0.29) is 24.4 Å². The molecule has 8 heteroatoms. The fraction of sp³-hybridized carbons (Fsp3) is 0.321. The Bertz CT molecular complexity index is 1350. The van der Waals surface area contributed by atoms with Crippen LogP contribution in [0.2, 0.25) is 0 Å². The SMILES string of the molecule is C[C@@H]1CCCCN1C(=O)Cn1cc(/C=C2\SC(=S)N(CCc3ccccc3)C2=O)c2cc(Br)ccc21. The summed E-state index contributed by atoms with van der Waals surface area (Å²) in [6.07, 6.45) is 7.96. The van der Waals surface area contributed by atoms with Gasteiger partial charge in [-0.3, -0.25) is 14.5 Å². The predicted molar refractivity (Wildman–Crippen MR) is 155 cm³/mol. The molecule has 0 bridgehead atoms. The van der Waals surface area contributed by atoms with E-state index in [1.807, 2.05) is 58.1 Å². The minimum atomic E-state index is -0.0601. The van der Waals surface area contributed by atoms with Crippen LogP contribution in [-0.2, 0) is 22.6 Å². The van der Waals surface area contributed by atoms with Gasteiger partial charge >= 0.3 is 0 Å². The van der Waals surface area contributed by atoms with Crippen molar-refractivity contribution < 1.29 is 9.59 Å². The molecule has 5 nitrogen and oxygen atoms in total. The highest BCUT2D eigenvalue weighted by Crippen LogP contribution is 2.35. The normalized spacial score (nSPS) is 19.6. The van der Waals surface area contributed by atoms with E-state index >= 15 is 0 Å². The zero-order valence-corrected chi connectivity index (χ0v) is 23.4. The van der Waals surface area contributed by atoms with Crippen LogP contribution in [0.1, 0.15) is 37.3 Å². The average molecular weight is 583 g/mol. The van der Waals surface area contributed by atoms with Gasteiger partial charge in [-0.2, -0.15) is 0 Å². The molecule has 0 unspecified atom stereocenters. The number of aromatic nitrogens is 1. The maximum Gasteiger partial charge on any atom is 0.266 e. The molecule has 1 aromatic heterocycles. The van der Waals surface area contributed by atoms with Gasteiger partial charge < -0.3 is 9.47 Å². The average Bonchev–Trinajstić information content (AvgIpc) is 3.33. The van der Waals surface area contributed by atoms with Crippen molar-refractivity contribution in [1.29, 1.82) is 0 Å². The fourth-order valence-corrected chi connectivity index (χ4v) is 6.63. The molecule has 0 N–H and O–H groups in total. The van der Waals surface area contributed by atoms with Crippen LogP contribution < -0.4 is 0 Å². The van der Waals surface area contributed by atoms with Crippen molar-refractivity contribution in [2.75, 3.05) is 13.1 Å². The molecule has 3 aromatic rings. The molecule has 2 fully saturated rings. The first-order valence-corrected chi connectivity index (χ1v) is 14.3. The maximum absolute atomic E-state index is 13.2. The maximum atomic E-state index is 13.2. The fourth-order valence-electron chi connectivity index (χ4n) is 4.97. The monoisotopic (exact) mass is 581 g/mol. The highest BCUT2D eigenvalue weighted by molar-refractivity contribution is 9.10. The number of hydrogen-bond acceptors (Lipinski definition) is 4. The quantitative estimate of drug-likeness (QED) is 0.255. The summed E-state index contributed by atoms with van der Waals surface area (Å²) >= 11 is 10.5. The number of fused-ring (bicyclic) bond motifs is 1. The van der Waals surface area contributed by atoms with Crippen molar-refractivity contribution in [2.45, 2.75) is 45.2 Å². The third-order valence-electron chi connectivity index (χ3n) is 6.93. The summed E-state index contributed by atoms with van der Waals surface area (Å²) in [5, 5.41) is 0.999. The summed E-state index contributed by atoms with van der Waals surface area (Å²) in [7, 11) is 0. The first-order chi connectivity index (χ1) is 17.4. The molecular formula is C28H28BrN3O2S2. The third kappa shape index (κ3) is 5.31. The second kappa shape index (κ2) is 10.9. The molecule has 0 aliphatic carbocycles. The molecular weight excluding hydrogens is 554 g/mol. The Kier molecular flexibility index (Phi) is 7.65. The number of benzene rings is 2. The molecule has 2 aromatic carbocycles. The van der Waals surface area contributed by atoms with Crippen LogP contribution in [0.4, 0.5) is 0 Å². The Balaban J connectivity index is 1.40. The van der Waals surface area contributed by atoms with Crippen molar-refractivity contribution in [2.24, 2.45) is 0 Å². The molecule has 3 heterocycles. The lowest BCUT2D eigenvalue weighted by Gasteiger charge is -2.33. The predicted octanol–water partition coefficient (Wildman–Crippen LogP) is 6.25. The van der Waals surface area contributed by atoms with Gasteiger partial charge in [0.15, 0.2) is 0 Å². The second-order valence-corrected chi connectivity index (χ2v) is 12.0. The van der Waals surface area contributed by atoms with Crippen LogP contribution >= 0.6 is 39.9 Å². The Morgan fingerprint density at radius 1 is 1.19 bits per heavy atom. The van der Waals surface area contributed by atoms with Crippen molar-refractivity contribution in [3.05, 3.63) is 75.2 Å². The smallest absolute Gasteiger partial charge is 0.266 e. The Labute approximate surface area is 229 Å². The number of thioether (sulfide) groups is 1. The molecule has 0 spiro atoms. The number of hydrogen-bond donors (Lipinski definition) is 0. The molecule has 36 heavy (non-hydrogen) atoms. The molecule has 1 atom stereocenters. The van der Waals surface area contributed by atoms with Crippen LogP contribution in [0.5, 0.6) is 0 Å². The number of likely N-dealkylation sites (tertiary alicyclic amines) is 1. The summed E-state index contributed by atoms with van der Waals surface area (Å²) in [5.41, 5.74) is 3.06. The molecule has 0 radical (unpaired) electrons. The van der Waals surface area contributed by atoms with E-state index in [1.165, 1.54) is 23.7 Å². The van der Waals surface area contributed by atoms with E-state index < -0.39 is 0 Å². The standard InChI is InChI=1S/C28H28BrN3O2S2/c1-19-7-5-6-13-31(19)26(33)18-30-17-21(23-16-22(29)10-11-24(23)30)15-25-27(34)32(28(35)36-25)14-12-20-8-3-2-4-9-20/h2-4,8-11,15-17,19H,5-7,12-14,18H2,1H3/b25-15-/t19-/m1/s1. The zero-order chi connectivity index (χ0) is 25.2. The Morgan fingerprint density at radius 2 is 2.00 bits per heavy atom. The van der Waals surface area contributed by atoms with E-state index in [0.717, 1.165) is 46.7 Å². The van der Waals surface area contributed by atoms with Crippen molar-refractivity contribution in [3.63, 3.8) is 0 Å².